The zero-order chi connectivity index (χ0) is 19.4. The molecular formula is C21H19Cl2NO3. The second-order valence-electron chi connectivity index (χ2n) is 5.99. The Morgan fingerprint density at radius 2 is 1.89 bits per heavy atom. The van der Waals surface area contributed by atoms with Crippen LogP contribution in [0.3, 0.4) is 0 Å². The van der Waals surface area contributed by atoms with Crippen LogP contribution in [0.15, 0.2) is 42.5 Å². The van der Waals surface area contributed by atoms with Crippen LogP contribution in [0.2, 0.25) is 10.0 Å². The van der Waals surface area contributed by atoms with Gasteiger partial charge in [0.15, 0.2) is 0 Å². The predicted octanol–water partition coefficient (Wildman–Crippen LogP) is 5.65. The van der Waals surface area contributed by atoms with Crippen molar-refractivity contribution < 1.29 is 14.3 Å². The number of hydrogen-bond acceptors (Lipinski definition) is 4. The molecule has 0 bridgehead atoms. The van der Waals surface area contributed by atoms with E-state index in [2.05, 4.69) is 4.98 Å². The lowest BCUT2D eigenvalue weighted by Crippen LogP contribution is -2.15. The van der Waals surface area contributed by atoms with Gasteiger partial charge in [0.05, 0.1) is 16.1 Å². The van der Waals surface area contributed by atoms with E-state index in [-0.39, 0.29) is 19.2 Å². The van der Waals surface area contributed by atoms with Crippen molar-refractivity contribution in [2.75, 3.05) is 13.2 Å². The topological polar surface area (TPSA) is 48.4 Å². The molecule has 0 aliphatic rings. The van der Waals surface area contributed by atoms with Gasteiger partial charge >= 0.3 is 5.97 Å². The van der Waals surface area contributed by atoms with E-state index < -0.39 is 0 Å². The molecule has 3 rings (SSSR count). The molecule has 0 atom stereocenters. The number of para-hydroxylation sites is 1. The molecule has 140 valence electrons. The van der Waals surface area contributed by atoms with Crippen LogP contribution in [0.5, 0.6) is 5.75 Å². The molecule has 0 unspecified atom stereocenters. The molecule has 1 aromatic heterocycles. The van der Waals surface area contributed by atoms with Gasteiger partial charge in [-0.1, -0.05) is 48.3 Å². The second-order valence-corrected chi connectivity index (χ2v) is 6.83. The third kappa shape index (κ3) is 4.34. The molecule has 0 saturated carbocycles. The summed E-state index contributed by atoms with van der Waals surface area (Å²) in [6.07, 6.45) is 0.745. The predicted molar refractivity (Wildman–Crippen MR) is 108 cm³/mol. The van der Waals surface area contributed by atoms with Crippen LogP contribution in [-0.2, 0) is 11.2 Å². The molecular weight excluding hydrogens is 385 g/mol. The van der Waals surface area contributed by atoms with E-state index in [1.807, 2.05) is 38.1 Å². The summed E-state index contributed by atoms with van der Waals surface area (Å²) in [6, 6.07) is 12.5. The van der Waals surface area contributed by atoms with Crippen LogP contribution in [-0.4, -0.2) is 24.2 Å². The van der Waals surface area contributed by atoms with Crippen LogP contribution >= 0.6 is 23.2 Å². The molecule has 6 heteroatoms. The standard InChI is InChI=1S/C21H19Cl2NO3/c1-3-17-13(2)20(15-6-4-5-7-18(15)24-17)21(25)27-11-10-26-19-9-8-14(22)12-16(19)23/h4-9,12H,3,10-11H2,1-2H3. The zero-order valence-corrected chi connectivity index (χ0v) is 16.6. The van der Waals surface area contributed by atoms with Crippen molar-refractivity contribution in [1.82, 2.24) is 4.98 Å². The maximum atomic E-state index is 12.7. The van der Waals surface area contributed by atoms with Crippen molar-refractivity contribution in [2.24, 2.45) is 0 Å². The molecule has 3 aromatic rings. The summed E-state index contributed by atoms with van der Waals surface area (Å²) in [7, 11) is 0. The van der Waals surface area contributed by atoms with Crippen molar-refractivity contribution in [3.8, 4) is 5.75 Å². The Labute approximate surface area is 168 Å². The molecule has 1 heterocycles. The van der Waals surface area contributed by atoms with Crippen LogP contribution in [0.1, 0.15) is 28.5 Å². The van der Waals surface area contributed by atoms with Gasteiger partial charge in [-0.2, -0.15) is 0 Å². The van der Waals surface area contributed by atoms with Crippen molar-refractivity contribution in [3.63, 3.8) is 0 Å². The largest absolute Gasteiger partial charge is 0.488 e. The number of ether oxygens (including phenoxy) is 2. The highest BCUT2D eigenvalue weighted by Crippen LogP contribution is 2.27. The first-order chi connectivity index (χ1) is 13.0. The lowest BCUT2D eigenvalue weighted by molar-refractivity contribution is 0.0452. The first-order valence-corrected chi connectivity index (χ1v) is 9.40. The summed E-state index contributed by atoms with van der Waals surface area (Å²) in [5, 5.41) is 1.74. The highest BCUT2D eigenvalue weighted by atomic mass is 35.5. The number of rotatable bonds is 6. The van der Waals surface area contributed by atoms with Crippen LogP contribution in [0.4, 0.5) is 0 Å². The van der Waals surface area contributed by atoms with Gasteiger partial charge in [0.1, 0.15) is 19.0 Å². The molecule has 27 heavy (non-hydrogen) atoms. The lowest BCUT2D eigenvalue weighted by atomic mass is 10.0. The van der Waals surface area contributed by atoms with E-state index in [1.165, 1.54) is 0 Å². The fraction of sp³-hybridized carbons (Fsp3) is 0.238. The normalized spacial score (nSPS) is 10.8. The summed E-state index contributed by atoms with van der Waals surface area (Å²) in [4.78, 5) is 17.4. The minimum Gasteiger partial charge on any atom is -0.488 e. The number of halogens is 2. The number of nitrogens with zero attached hydrogens (tertiary/aromatic N) is 1. The zero-order valence-electron chi connectivity index (χ0n) is 15.1. The van der Waals surface area contributed by atoms with Crippen LogP contribution < -0.4 is 4.74 Å². The summed E-state index contributed by atoms with van der Waals surface area (Å²) in [6.45, 7) is 4.22. The van der Waals surface area contributed by atoms with E-state index in [1.54, 1.807) is 18.2 Å². The molecule has 0 aliphatic heterocycles. The van der Waals surface area contributed by atoms with E-state index >= 15 is 0 Å². The quantitative estimate of drug-likeness (QED) is 0.394. The Bertz CT molecular complexity index is 989. The average Bonchev–Trinajstić information content (AvgIpc) is 2.66. The third-order valence-corrected chi connectivity index (χ3v) is 4.77. The third-order valence-electron chi connectivity index (χ3n) is 4.24. The fourth-order valence-corrected chi connectivity index (χ4v) is 3.38. The van der Waals surface area contributed by atoms with Gasteiger partial charge in [-0.25, -0.2) is 4.79 Å². The SMILES string of the molecule is CCc1nc2ccccc2c(C(=O)OCCOc2ccc(Cl)cc2Cl)c1C. The second kappa shape index (κ2) is 8.59. The first kappa shape index (κ1) is 19.5. The van der Waals surface area contributed by atoms with Crippen LogP contribution in [0.25, 0.3) is 10.9 Å². The Morgan fingerprint density at radius 1 is 1.11 bits per heavy atom. The molecule has 0 spiro atoms. The highest BCUT2D eigenvalue weighted by molar-refractivity contribution is 6.35. The highest BCUT2D eigenvalue weighted by Gasteiger charge is 2.18. The molecule has 0 radical (unpaired) electrons. The number of carbonyl (C=O) groups excluding carboxylic acids is 1. The number of hydrogen-bond donors (Lipinski definition) is 0. The van der Waals surface area contributed by atoms with Gasteiger partial charge in [0, 0.05) is 16.1 Å². The van der Waals surface area contributed by atoms with Gasteiger partial charge in [-0.3, -0.25) is 4.98 Å². The molecule has 0 amide bonds. The van der Waals surface area contributed by atoms with Crippen molar-refractivity contribution in [3.05, 3.63) is 69.3 Å². The first-order valence-electron chi connectivity index (χ1n) is 8.64. The molecule has 4 nitrogen and oxygen atoms in total. The maximum absolute atomic E-state index is 12.7. The summed E-state index contributed by atoms with van der Waals surface area (Å²) in [5.41, 5.74) is 3.09. The molecule has 0 N–H and O–H groups in total. The van der Waals surface area contributed by atoms with Crippen molar-refractivity contribution >= 4 is 40.1 Å². The summed E-state index contributed by atoms with van der Waals surface area (Å²) >= 11 is 11.9. The van der Waals surface area contributed by atoms with Gasteiger partial charge in [0.2, 0.25) is 0 Å². The Kier molecular flexibility index (Phi) is 6.19. The van der Waals surface area contributed by atoms with Crippen LogP contribution in [0, 0.1) is 6.92 Å². The lowest BCUT2D eigenvalue weighted by Gasteiger charge is -2.14. The van der Waals surface area contributed by atoms with Crippen molar-refractivity contribution in [2.45, 2.75) is 20.3 Å². The number of aromatic nitrogens is 1. The van der Waals surface area contributed by atoms with E-state index in [4.69, 9.17) is 32.7 Å². The number of esters is 1. The number of pyridine rings is 1. The molecule has 0 saturated heterocycles. The molecule has 0 aliphatic carbocycles. The smallest absolute Gasteiger partial charge is 0.339 e. The van der Waals surface area contributed by atoms with Gasteiger partial charge in [0.25, 0.3) is 0 Å². The Morgan fingerprint density at radius 3 is 2.63 bits per heavy atom. The molecule has 2 aromatic carbocycles. The van der Waals surface area contributed by atoms with E-state index in [0.717, 1.165) is 28.6 Å². The minimum absolute atomic E-state index is 0.106. The van der Waals surface area contributed by atoms with E-state index in [9.17, 15) is 4.79 Å². The minimum atomic E-state index is -0.383. The maximum Gasteiger partial charge on any atom is 0.339 e. The van der Waals surface area contributed by atoms with Gasteiger partial charge < -0.3 is 9.47 Å². The summed E-state index contributed by atoms with van der Waals surface area (Å²) in [5.74, 6) is 0.113. The van der Waals surface area contributed by atoms with E-state index in [0.29, 0.717) is 21.4 Å². The molecule has 0 fully saturated rings. The Balaban J connectivity index is 1.72. The summed E-state index contributed by atoms with van der Waals surface area (Å²) < 4.78 is 11.0. The number of aryl methyl sites for hydroxylation is 1. The number of fused-ring (bicyclic) bond motifs is 1. The van der Waals surface area contributed by atoms with Gasteiger partial charge in [-0.05, 0) is 43.2 Å². The Hall–Kier alpha value is -2.30. The number of carbonyl (C=O) groups is 1. The number of benzene rings is 2. The average molecular weight is 404 g/mol. The van der Waals surface area contributed by atoms with Crippen molar-refractivity contribution in [1.29, 1.82) is 0 Å². The fourth-order valence-electron chi connectivity index (χ4n) is 2.92. The monoisotopic (exact) mass is 403 g/mol. The van der Waals surface area contributed by atoms with Gasteiger partial charge in [-0.15, -0.1) is 0 Å².